The Labute approximate surface area is 189 Å². The maximum Gasteiger partial charge on any atom is 0.141 e. The van der Waals surface area contributed by atoms with Crippen molar-refractivity contribution >= 4 is 17.3 Å². The Morgan fingerprint density at radius 3 is 2.74 bits per heavy atom. The zero-order valence-corrected chi connectivity index (χ0v) is 19.1. The highest BCUT2D eigenvalue weighted by Gasteiger charge is 2.28. The van der Waals surface area contributed by atoms with Crippen LogP contribution in [0.15, 0.2) is 84.0 Å². The van der Waals surface area contributed by atoms with Gasteiger partial charge in [0, 0.05) is 56.4 Å². The van der Waals surface area contributed by atoms with E-state index in [4.69, 9.17) is 11.6 Å². The predicted molar refractivity (Wildman–Crippen MR) is 126 cm³/mol. The standard InChI is InChI=1S/C25H28ClFN4/c1-5-23(25-28-12-14-30(25)4)31-16-19(9-8-17(31)2)20-7-6-13-29(3)24(20)18-10-11-22(27)21(26)15-18/h5-12,14-17,25,28H,13H2,1-4H3/b23-5-. The number of nitrogens with zero attached hydrogens (tertiary/aromatic N) is 3. The summed E-state index contributed by atoms with van der Waals surface area (Å²) in [4.78, 5) is 6.64. The van der Waals surface area contributed by atoms with E-state index in [9.17, 15) is 4.39 Å². The van der Waals surface area contributed by atoms with Crippen LogP contribution in [0.4, 0.5) is 4.39 Å². The molecule has 1 aromatic rings. The topological polar surface area (TPSA) is 21.8 Å². The molecule has 0 saturated carbocycles. The maximum absolute atomic E-state index is 13.8. The molecule has 3 aliphatic rings. The van der Waals surface area contributed by atoms with Crippen molar-refractivity contribution < 1.29 is 4.39 Å². The normalized spacial score (nSPS) is 23.6. The molecule has 0 spiro atoms. The Balaban J connectivity index is 1.78. The van der Waals surface area contributed by atoms with Gasteiger partial charge in [-0.15, -0.1) is 0 Å². The van der Waals surface area contributed by atoms with Crippen LogP contribution in [0.2, 0.25) is 5.02 Å². The SMILES string of the molecule is C/C=C(/C1NC=CN1C)N1C=C(C2=C(c3ccc(F)c(Cl)c3)N(C)CC=C2)C=CC1C. The highest BCUT2D eigenvalue weighted by atomic mass is 35.5. The van der Waals surface area contributed by atoms with Gasteiger partial charge >= 0.3 is 0 Å². The van der Waals surface area contributed by atoms with Gasteiger partial charge < -0.3 is 20.0 Å². The second-order valence-corrected chi connectivity index (χ2v) is 8.44. The van der Waals surface area contributed by atoms with E-state index in [0.717, 1.165) is 29.0 Å². The van der Waals surface area contributed by atoms with Crippen LogP contribution < -0.4 is 5.32 Å². The number of hydrogen-bond acceptors (Lipinski definition) is 4. The molecule has 0 fully saturated rings. The van der Waals surface area contributed by atoms with E-state index in [-0.39, 0.29) is 17.2 Å². The van der Waals surface area contributed by atoms with Crippen LogP contribution in [0, 0.1) is 5.82 Å². The third-order valence-electron chi connectivity index (χ3n) is 5.92. The summed E-state index contributed by atoms with van der Waals surface area (Å²) in [7, 11) is 4.11. The molecule has 1 N–H and O–H groups in total. The van der Waals surface area contributed by atoms with Crippen molar-refractivity contribution in [1.82, 2.24) is 20.0 Å². The highest BCUT2D eigenvalue weighted by molar-refractivity contribution is 6.30. The summed E-state index contributed by atoms with van der Waals surface area (Å²) in [6, 6.07) is 5.15. The molecule has 4 rings (SSSR count). The minimum atomic E-state index is -0.405. The molecule has 2 unspecified atom stereocenters. The Morgan fingerprint density at radius 2 is 2.06 bits per heavy atom. The lowest BCUT2D eigenvalue weighted by molar-refractivity contribution is 0.285. The van der Waals surface area contributed by atoms with Crippen LogP contribution in [0.25, 0.3) is 5.70 Å². The fraction of sp³-hybridized carbons (Fsp3) is 0.280. The molecule has 0 saturated heterocycles. The van der Waals surface area contributed by atoms with E-state index in [2.05, 4.69) is 77.5 Å². The van der Waals surface area contributed by atoms with Crippen LogP contribution in [-0.4, -0.2) is 47.5 Å². The van der Waals surface area contributed by atoms with Gasteiger partial charge in [-0.2, -0.15) is 0 Å². The van der Waals surface area contributed by atoms with Crippen LogP contribution in [-0.2, 0) is 0 Å². The molecule has 162 valence electrons. The lowest BCUT2D eigenvalue weighted by atomic mass is 9.93. The first-order valence-corrected chi connectivity index (χ1v) is 10.9. The van der Waals surface area contributed by atoms with Gasteiger partial charge in [-0.1, -0.05) is 42.0 Å². The first-order valence-electron chi connectivity index (χ1n) is 10.5. The van der Waals surface area contributed by atoms with E-state index in [1.165, 1.54) is 11.8 Å². The van der Waals surface area contributed by atoms with Gasteiger partial charge in [-0.3, -0.25) is 0 Å². The molecular formula is C25H28ClFN4. The van der Waals surface area contributed by atoms with E-state index < -0.39 is 5.82 Å². The summed E-state index contributed by atoms with van der Waals surface area (Å²) in [6.45, 7) is 5.04. The van der Waals surface area contributed by atoms with Crippen LogP contribution >= 0.6 is 11.6 Å². The second-order valence-electron chi connectivity index (χ2n) is 8.03. The average molecular weight is 439 g/mol. The van der Waals surface area contributed by atoms with Crippen LogP contribution in [0.1, 0.15) is 19.4 Å². The number of halogens is 2. The molecule has 0 aromatic heterocycles. The van der Waals surface area contributed by atoms with E-state index >= 15 is 0 Å². The van der Waals surface area contributed by atoms with Crippen LogP contribution in [0.5, 0.6) is 0 Å². The van der Waals surface area contributed by atoms with E-state index in [0.29, 0.717) is 0 Å². The average Bonchev–Trinajstić information content (AvgIpc) is 3.17. The van der Waals surface area contributed by atoms with Crippen molar-refractivity contribution in [3.8, 4) is 0 Å². The van der Waals surface area contributed by atoms with Gasteiger partial charge in [-0.05, 0) is 37.6 Å². The molecule has 1 aromatic carbocycles. The number of allylic oxidation sites excluding steroid dienone is 5. The van der Waals surface area contributed by atoms with Gasteiger partial charge in [0.2, 0.25) is 0 Å². The molecule has 2 atom stereocenters. The van der Waals surface area contributed by atoms with Gasteiger partial charge in [-0.25, -0.2) is 4.39 Å². The predicted octanol–water partition coefficient (Wildman–Crippen LogP) is 5.07. The molecule has 0 amide bonds. The Morgan fingerprint density at radius 1 is 1.26 bits per heavy atom. The lowest BCUT2D eigenvalue weighted by Gasteiger charge is -2.37. The molecule has 3 heterocycles. The summed E-state index contributed by atoms with van der Waals surface area (Å²) in [6.07, 6.45) is 17.1. The first-order chi connectivity index (χ1) is 14.9. The number of likely N-dealkylation sites (N-methyl/N-ethyl adjacent to an activating group) is 2. The summed E-state index contributed by atoms with van der Waals surface area (Å²) < 4.78 is 13.8. The summed E-state index contributed by atoms with van der Waals surface area (Å²) in [5, 5.41) is 3.55. The van der Waals surface area contributed by atoms with Crippen molar-refractivity contribution in [1.29, 1.82) is 0 Å². The fourth-order valence-electron chi connectivity index (χ4n) is 4.27. The minimum Gasteiger partial charge on any atom is -0.370 e. The van der Waals surface area contributed by atoms with Crippen molar-refractivity contribution in [3.05, 3.63) is 100 Å². The molecule has 31 heavy (non-hydrogen) atoms. The molecular weight excluding hydrogens is 411 g/mol. The van der Waals surface area contributed by atoms with Gasteiger partial charge in [0.05, 0.1) is 16.4 Å². The summed E-state index contributed by atoms with van der Waals surface area (Å²) in [5.41, 5.74) is 5.31. The number of nitrogens with one attached hydrogen (secondary N) is 1. The Bertz CT molecular complexity index is 1050. The third-order valence-corrected chi connectivity index (χ3v) is 6.21. The zero-order chi connectivity index (χ0) is 22.1. The fourth-order valence-corrected chi connectivity index (χ4v) is 4.45. The molecule has 0 bridgehead atoms. The molecule has 0 aliphatic carbocycles. The summed E-state index contributed by atoms with van der Waals surface area (Å²) in [5.74, 6) is -0.405. The van der Waals surface area contributed by atoms with Crippen molar-refractivity contribution in [2.75, 3.05) is 20.6 Å². The van der Waals surface area contributed by atoms with Crippen molar-refractivity contribution in [2.24, 2.45) is 0 Å². The van der Waals surface area contributed by atoms with Gasteiger partial charge in [0.15, 0.2) is 0 Å². The Kier molecular flexibility index (Phi) is 5.96. The second kappa shape index (κ2) is 8.67. The largest absolute Gasteiger partial charge is 0.370 e. The number of rotatable bonds is 4. The smallest absolute Gasteiger partial charge is 0.141 e. The Hall–Kier alpha value is -2.92. The molecule has 3 aliphatic heterocycles. The highest BCUT2D eigenvalue weighted by Crippen LogP contribution is 2.35. The quantitative estimate of drug-likeness (QED) is 0.708. The maximum atomic E-state index is 13.8. The monoisotopic (exact) mass is 438 g/mol. The first kappa shape index (κ1) is 21.3. The summed E-state index contributed by atoms with van der Waals surface area (Å²) >= 11 is 6.11. The molecule has 6 heteroatoms. The lowest BCUT2D eigenvalue weighted by Crippen LogP contribution is -2.43. The molecule has 4 nitrogen and oxygen atoms in total. The van der Waals surface area contributed by atoms with E-state index in [1.807, 2.05) is 19.4 Å². The van der Waals surface area contributed by atoms with Crippen molar-refractivity contribution in [3.63, 3.8) is 0 Å². The third kappa shape index (κ3) is 4.02. The van der Waals surface area contributed by atoms with Crippen molar-refractivity contribution in [2.45, 2.75) is 26.1 Å². The number of benzene rings is 1. The van der Waals surface area contributed by atoms with Gasteiger partial charge in [0.1, 0.15) is 12.0 Å². The van der Waals surface area contributed by atoms with Gasteiger partial charge in [0.25, 0.3) is 0 Å². The molecule has 0 radical (unpaired) electrons. The number of hydrogen-bond donors (Lipinski definition) is 1. The minimum absolute atomic E-state index is 0.0883. The van der Waals surface area contributed by atoms with Crippen LogP contribution in [0.3, 0.4) is 0 Å². The zero-order valence-electron chi connectivity index (χ0n) is 18.3. The van der Waals surface area contributed by atoms with E-state index in [1.54, 1.807) is 12.1 Å².